The van der Waals surface area contributed by atoms with Gasteiger partial charge in [0.1, 0.15) is 0 Å². The van der Waals surface area contributed by atoms with E-state index in [9.17, 15) is 10.5 Å². The van der Waals surface area contributed by atoms with Gasteiger partial charge in [-0.15, -0.1) is 0 Å². The van der Waals surface area contributed by atoms with Crippen molar-refractivity contribution in [3.05, 3.63) is 236 Å². The van der Waals surface area contributed by atoms with Crippen LogP contribution in [-0.4, -0.2) is 34.5 Å². The van der Waals surface area contributed by atoms with Crippen LogP contribution in [0.5, 0.6) is 0 Å². The van der Waals surface area contributed by atoms with Gasteiger partial charge in [0.2, 0.25) is 0 Å². The molecule has 0 unspecified atom stereocenters. The third kappa shape index (κ3) is 8.12. The zero-order valence-corrected chi connectivity index (χ0v) is 37.9. The monoisotopic (exact) mass is 907 g/mol. The number of nitriles is 2. The molecule has 71 heavy (non-hydrogen) atoms. The Morgan fingerprint density at radius 3 is 1.01 bits per heavy atom. The zero-order valence-electron chi connectivity index (χ0n) is 37.9. The summed E-state index contributed by atoms with van der Waals surface area (Å²) in [4.78, 5) is 30.9. The number of benzene rings is 9. The summed E-state index contributed by atoms with van der Waals surface area (Å²) in [6.45, 7) is 0. The third-order valence-corrected chi connectivity index (χ3v) is 12.6. The topological polar surface area (TPSA) is 130 Å². The highest BCUT2D eigenvalue weighted by molar-refractivity contribution is 6.12. The first kappa shape index (κ1) is 42.2. The predicted molar refractivity (Wildman–Crippen MR) is 280 cm³/mol. The molecule has 0 amide bonds. The molecule has 12 rings (SSSR count). The molecule has 9 heteroatoms. The molecule has 12 aromatic rings. The fourth-order valence-corrected chi connectivity index (χ4v) is 9.09. The van der Waals surface area contributed by atoms with Crippen molar-refractivity contribution < 1.29 is 0 Å². The fraction of sp³-hybridized carbons (Fsp3) is 0. The van der Waals surface area contributed by atoms with Crippen LogP contribution >= 0.6 is 0 Å². The van der Waals surface area contributed by atoms with Crippen LogP contribution in [0.4, 0.5) is 0 Å². The van der Waals surface area contributed by atoms with Gasteiger partial charge in [-0.1, -0.05) is 158 Å². The molecule has 9 aromatic carbocycles. The Morgan fingerprint density at radius 1 is 0.282 bits per heavy atom. The van der Waals surface area contributed by atoms with Crippen LogP contribution in [-0.2, 0) is 0 Å². The molecule has 0 aliphatic rings. The molecule has 0 radical (unpaired) electrons. The molecule has 0 fully saturated rings. The van der Waals surface area contributed by atoms with E-state index >= 15 is 0 Å². The Kier molecular flexibility index (Phi) is 10.8. The predicted octanol–water partition coefficient (Wildman–Crippen LogP) is 14.2. The maximum atomic E-state index is 9.84. The van der Waals surface area contributed by atoms with Gasteiger partial charge < -0.3 is 4.57 Å². The van der Waals surface area contributed by atoms with Crippen molar-refractivity contribution in [2.24, 2.45) is 0 Å². The van der Waals surface area contributed by atoms with Crippen molar-refractivity contribution in [1.82, 2.24) is 34.5 Å². The number of fused-ring (bicyclic) bond motifs is 3. The standard InChI is InChI=1S/C62H37N9/c63-38-40-15-13-25-46(33-40)48-27-30-54-51(35-48)52-36-49(47-26-14-16-41(34-47)39-64)28-31-55(52)71(54)56-32-29-50(61-67-57(42-17-5-1-6-18-42)65-58(68-61)43-19-7-2-8-20-43)37-53(56)62-69-59(44-21-9-3-10-22-44)66-60(70-62)45-23-11-4-12-24-45/h1-37H. The van der Waals surface area contributed by atoms with Crippen molar-refractivity contribution in [2.75, 3.05) is 0 Å². The van der Waals surface area contributed by atoms with Crippen molar-refractivity contribution in [2.45, 2.75) is 0 Å². The summed E-state index contributed by atoms with van der Waals surface area (Å²) in [6.07, 6.45) is 0. The van der Waals surface area contributed by atoms with E-state index in [1.807, 2.05) is 170 Å². The largest absolute Gasteiger partial charge is 0.308 e. The Balaban J connectivity index is 1.15. The third-order valence-electron chi connectivity index (χ3n) is 12.6. The molecule has 3 heterocycles. The number of hydrogen-bond donors (Lipinski definition) is 0. The first-order chi connectivity index (χ1) is 35.1. The number of rotatable bonds is 9. The molecule has 0 aliphatic heterocycles. The molecule has 0 bridgehead atoms. The summed E-state index contributed by atoms with van der Waals surface area (Å²) >= 11 is 0. The van der Waals surface area contributed by atoms with Crippen LogP contribution < -0.4 is 0 Å². The van der Waals surface area contributed by atoms with Gasteiger partial charge in [0.25, 0.3) is 0 Å². The molecule has 0 spiro atoms. The molecule has 330 valence electrons. The maximum absolute atomic E-state index is 9.84. The molecule has 0 aliphatic carbocycles. The highest BCUT2D eigenvalue weighted by Gasteiger charge is 2.23. The number of nitrogens with zero attached hydrogens (tertiary/aromatic N) is 9. The van der Waals surface area contributed by atoms with Gasteiger partial charge in [-0.3, -0.25) is 0 Å². The highest BCUT2D eigenvalue weighted by atomic mass is 15.1. The first-order valence-electron chi connectivity index (χ1n) is 23.1. The summed E-state index contributed by atoms with van der Waals surface area (Å²) in [5.41, 5.74) is 12.6. The summed E-state index contributed by atoms with van der Waals surface area (Å²) in [7, 11) is 0. The molecular weight excluding hydrogens is 871 g/mol. The average Bonchev–Trinajstić information content (AvgIpc) is 3.78. The SMILES string of the molecule is N#Cc1cccc(-c2ccc3c(c2)c2cc(-c4cccc(C#N)c4)ccc2n3-c2ccc(-c3nc(-c4ccccc4)nc(-c4ccccc4)n3)cc2-c2nc(-c3ccccc3)nc(-c3ccccc3)n2)c1. The lowest BCUT2D eigenvalue weighted by molar-refractivity contribution is 1.06. The van der Waals surface area contributed by atoms with Gasteiger partial charge in [-0.2, -0.15) is 10.5 Å². The van der Waals surface area contributed by atoms with Gasteiger partial charge in [-0.05, 0) is 89.0 Å². The van der Waals surface area contributed by atoms with Crippen LogP contribution in [0.15, 0.2) is 224 Å². The van der Waals surface area contributed by atoms with E-state index in [2.05, 4.69) is 71.3 Å². The first-order valence-corrected chi connectivity index (χ1v) is 23.1. The van der Waals surface area contributed by atoms with Crippen LogP contribution in [0, 0.1) is 22.7 Å². The van der Waals surface area contributed by atoms with Crippen LogP contribution in [0.1, 0.15) is 11.1 Å². The molecule has 0 atom stereocenters. The van der Waals surface area contributed by atoms with Crippen molar-refractivity contribution in [1.29, 1.82) is 10.5 Å². The Labute approximate surface area is 409 Å². The Hall–Kier alpha value is -10.2. The summed E-state index contributed by atoms with van der Waals surface area (Å²) in [6, 6.07) is 78.8. The van der Waals surface area contributed by atoms with Crippen LogP contribution in [0.25, 0.3) is 118 Å². The normalized spacial score (nSPS) is 11.1. The lowest BCUT2D eigenvalue weighted by Gasteiger charge is -2.16. The Morgan fingerprint density at radius 2 is 0.620 bits per heavy atom. The molecule has 0 N–H and O–H groups in total. The molecule has 0 saturated heterocycles. The second-order valence-electron chi connectivity index (χ2n) is 17.0. The second-order valence-corrected chi connectivity index (χ2v) is 17.0. The van der Waals surface area contributed by atoms with Crippen LogP contribution in [0.3, 0.4) is 0 Å². The highest BCUT2D eigenvalue weighted by Crippen LogP contribution is 2.41. The molecule has 0 saturated carbocycles. The quantitative estimate of drug-likeness (QED) is 0.140. The minimum Gasteiger partial charge on any atom is -0.308 e. The Bertz CT molecular complexity index is 3830. The van der Waals surface area contributed by atoms with Crippen molar-refractivity contribution in [3.8, 4) is 108 Å². The summed E-state index contributed by atoms with van der Waals surface area (Å²) in [5, 5.41) is 21.7. The van der Waals surface area contributed by atoms with Gasteiger partial charge in [0.15, 0.2) is 34.9 Å². The van der Waals surface area contributed by atoms with E-state index in [1.54, 1.807) is 0 Å². The smallest absolute Gasteiger partial charge is 0.166 e. The van der Waals surface area contributed by atoms with Gasteiger partial charge in [0.05, 0.1) is 40.0 Å². The zero-order chi connectivity index (χ0) is 47.7. The summed E-state index contributed by atoms with van der Waals surface area (Å²) in [5.74, 6) is 3.10. The minimum absolute atomic E-state index is 0.458. The van der Waals surface area contributed by atoms with Gasteiger partial charge in [-0.25, -0.2) is 29.9 Å². The van der Waals surface area contributed by atoms with E-state index in [4.69, 9.17) is 29.9 Å². The lowest BCUT2D eigenvalue weighted by atomic mass is 9.99. The second kappa shape index (κ2) is 18.1. The molecule has 3 aromatic heterocycles. The lowest BCUT2D eigenvalue weighted by Crippen LogP contribution is -2.05. The van der Waals surface area contributed by atoms with Crippen molar-refractivity contribution >= 4 is 21.8 Å². The number of aromatic nitrogens is 7. The minimum atomic E-state index is 0.458. The average molecular weight is 908 g/mol. The molecular formula is C62H37N9. The fourth-order valence-electron chi connectivity index (χ4n) is 9.09. The van der Waals surface area contributed by atoms with E-state index in [1.165, 1.54) is 0 Å². The van der Waals surface area contributed by atoms with E-state index in [0.717, 1.165) is 83.1 Å². The summed E-state index contributed by atoms with van der Waals surface area (Å²) < 4.78 is 2.26. The van der Waals surface area contributed by atoms with Gasteiger partial charge >= 0.3 is 0 Å². The van der Waals surface area contributed by atoms with Crippen molar-refractivity contribution in [3.63, 3.8) is 0 Å². The van der Waals surface area contributed by atoms with E-state index in [0.29, 0.717) is 46.1 Å². The molecule has 9 nitrogen and oxygen atoms in total. The van der Waals surface area contributed by atoms with E-state index < -0.39 is 0 Å². The van der Waals surface area contributed by atoms with Crippen LogP contribution in [0.2, 0.25) is 0 Å². The van der Waals surface area contributed by atoms with E-state index in [-0.39, 0.29) is 0 Å². The number of hydrogen-bond acceptors (Lipinski definition) is 8. The van der Waals surface area contributed by atoms with Gasteiger partial charge in [0, 0.05) is 44.2 Å². The maximum Gasteiger partial charge on any atom is 0.166 e.